The maximum atomic E-state index is 12.4. The van der Waals surface area contributed by atoms with E-state index in [0.717, 1.165) is 41.3 Å². The molecule has 4 nitrogen and oxygen atoms in total. The molecule has 1 aliphatic heterocycles. The maximum absolute atomic E-state index is 12.4. The van der Waals surface area contributed by atoms with Crippen molar-refractivity contribution in [1.29, 1.82) is 0 Å². The standard InChI is InChI=1S/C25H30N2O2S/c1-6-15-27-17(4)23(18(5)28)24(26-25(27)30)20-9-13-22(14-10-20)29-21-11-7-19(8-12-21)16(2)3/h7-14,16,24H,6,15H2,1-5H3,(H,26,30). The molecule has 2 aromatic carbocycles. The molecule has 0 fully saturated rings. The molecular formula is C25H30N2O2S. The number of benzene rings is 2. The summed E-state index contributed by atoms with van der Waals surface area (Å²) in [7, 11) is 0. The van der Waals surface area contributed by atoms with E-state index < -0.39 is 0 Å². The number of hydrogen-bond acceptors (Lipinski definition) is 3. The minimum Gasteiger partial charge on any atom is -0.457 e. The summed E-state index contributed by atoms with van der Waals surface area (Å²) in [5.41, 5.74) is 3.97. The first-order chi connectivity index (χ1) is 14.3. The largest absolute Gasteiger partial charge is 0.457 e. The number of ketones is 1. The van der Waals surface area contributed by atoms with Gasteiger partial charge in [-0.05, 0) is 73.8 Å². The Morgan fingerprint density at radius 2 is 1.67 bits per heavy atom. The normalized spacial score (nSPS) is 16.7. The molecule has 5 heteroatoms. The topological polar surface area (TPSA) is 41.6 Å². The van der Waals surface area contributed by atoms with Crippen molar-refractivity contribution in [2.24, 2.45) is 0 Å². The van der Waals surface area contributed by atoms with Gasteiger partial charge in [0.2, 0.25) is 0 Å². The van der Waals surface area contributed by atoms with Crippen LogP contribution in [0.1, 0.15) is 64.1 Å². The van der Waals surface area contributed by atoms with Crippen LogP contribution in [0, 0.1) is 0 Å². The molecule has 1 unspecified atom stereocenters. The van der Waals surface area contributed by atoms with Crippen LogP contribution in [0.25, 0.3) is 0 Å². The van der Waals surface area contributed by atoms with Gasteiger partial charge in [0, 0.05) is 17.8 Å². The lowest BCUT2D eigenvalue weighted by atomic mass is 9.92. The van der Waals surface area contributed by atoms with Crippen LogP contribution in [0.3, 0.4) is 0 Å². The number of nitrogens with zero attached hydrogens (tertiary/aromatic N) is 1. The van der Waals surface area contributed by atoms with Crippen LogP contribution in [-0.4, -0.2) is 22.3 Å². The predicted molar refractivity (Wildman–Crippen MR) is 126 cm³/mol. The molecule has 1 aliphatic rings. The quantitative estimate of drug-likeness (QED) is 0.546. The molecule has 0 spiro atoms. The maximum Gasteiger partial charge on any atom is 0.173 e. The molecule has 158 valence electrons. The lowest BCUT2D eigenvalue weighted by Gasteiger charge is -2.37. The average molecular weight is 423 g/mol. The first-order valence-corrected chi connectivity index (χ1v) is 10.9. The summed E-state index contributed by atoms with van der Waals surface area (Å²) in [4.78, 5) is 14.5. The second kappa shape index (κ2) is 9.43. The third-order valence-corrected chi connectivity index (χ3v) is 5.76. The summed E-state index contributed by atoms with van der Waals surface area (Å²) in [6.07, 6.45) is 0.958. The summed E-state index contributed by atoms with van der Waals surface area (Å²) in [5, 5.41) is 4.02. The van der Waals surface area contributed by atoms with E-state index >= 15 is 0 Å². The van der Waals surface area contributed by atoms with Gasteiger partial charge in [-0.15, -0.1) is 0 Å². The van der Waals surface area contributed by atoms with Crippen molar-refractivity contribution in [3.63, 3.8) is 0 Å². The van der Waals surface area contributed by atoms with E-state index in [2.05, 4.69) is 38.2 Å². The van der Waals surface area contributed by atoms with Crippen molar-refractivity contribution in [3.8, 4) is 11.5 Å². The van der Waals surface area contributed by atoms with Crippen molar-refractivity contribution in [3.05, 3.63) is 70.9 Å². The van der Waals surface area contributed by atoms with E-state index in [4.69, 9.17) is 17.0 Å². The molecule has 1 atom stereocenters. The van der Waals surface area contributed by atoms with Gasteiger partial charge in [0.05, 0.1) is 6.04 Å². The van der Waals surface area contributed by atoms with Crippen molar-refractivity contribution < 1.29 is 9.53 Å². The SMILES string of the molecule is CCCN1C(=S)NC(c2ccc(Oc3ccc(C(C)C)cc3)cc2)C(C(C)=O)=C1C. The highest BCUT2D eigenvalue weighted by Gasteiger charge is 2.31. The Bertz CT molecular complexity index is 946. The van der Waals surface area contributed by atoms with Crippen molar-refractivity contribution in [2.75, 3.05) is 6.54 Å². The van der Waals surface area contributed by atoms with Crippen molar-refractivity contribution in [2.45, 2.75) is 53.0 Å². The molecule has 0 radical (unpaired) electrons. The predicted octanol–water partition coefficient (Wildman–Crippen LogP) is 6.11. The van der Waals surface area contributed by atoms with Gasteiger partial charge < -0.3 is 15.0 Å². The molecule has 0 saturated carbocycles. The number of hydrogen-bond donors (Lipinski definition) is 1. The monoisotopic (exact) mass is 422 g/mol. The first-order valence-electron chi connectivity index (χ1n) is 10.5. The molecule has 0 amide bonds. The van der Waals surface area contributed by atoms with Crippen LogP contribution in [-0.2, 0) is 4.79 Å². The molecule has 1 N–H and O–H groups in total. The van der Waals surface area contributed by atoms with E-state index in [1.54, 1.807) is 6.92 Å². The highest BCUT2D eigenvalue weighted by Crippen LogP contribution is 2.33. The number of rotatable bonds is 7. The molecular weight excluding hydrogens is 392 g/mol. The molecule has 0 aliphatic carbocycles. The van der Waals surface area contributed by atoms with E-state index in [9.17, 15) is 4.79 Å². The molecule has 3 rings (SSSR count). The molecule has 2 aromatic rings. The second-order valence-electron chi connectivity index (χ2n) is 7.98. The molecule has 1 heterocycles. The highest BCUT2D eigenvalue weighted by atomic mass is 32.1. The van der Waals surface area contributed by atoms with Crippen molar-refractivity contribution in [1.82, 2.24) is 10.2 Å². The fraction of sp³-hybridized carbons (Fsp3) is 0.360. The summed E-state index contributed by atoms with van der Waals surface area (Å²) >= 11 is 5.57. The van der Waals surface area contributed by atoms with Gasteiger partial charge in [-0.1, -0.05) is 45.0 Å². The Morgan fingerprint density at radius 1 is 1.10 bits per heavy atom. The highest BCUT2D eigenvalue weighted by molar-refractivity contribution is 7.80. The second-order valence-corrected chi connectivity index (χ2v) is 8.37. The minimum absolute atomic E-state index is 0.0548. The van der Waals surface area contributed by atoms with Gasteiger partial charge >= 0.3 is 0 Å². The summed E-state index contributed by atoms with van der Waals surface area (Å²) in [5.74, 6) is 2.11. The lowest BCUT2D eigenvalue weighted by Crippen LogP contribution is -2.47. The number of Topliss-reactive ketones (excluding diaryl/α,β-unsaturated/α-hetero) is 1. The van der Waals surface area contributed by atoms with Gasteiger partial charge in [0.25, 0.3) is 0 Å². The van der Waals surface area contributed by atoms with Crippen molar-refractivity contribution >= 4 is 23.1 Å². The Hall–Kier alpha value is -2.66. The molecule has 0 bridgehead atoms. The van der Waals surface area contributed by atoms with Gasteiger partial charge in [0.15, 0.2) is 10.9 Å². The summed E-state index contributed by atoms with van der Waals surface area (Å²) < 4.78 is 5.99. The third kappa shape index (κ3) is 4.73. The summed E-state index contributed by atoms with van der Waals surface area (Å²) in [6, 6.07) is 15.8. The lowest BCUT2D eigenvalue weighted by molar-refractivity contribution is -0.114. The zero-order chi connectivity index (χ0) is 21.8. The minimum atomic E-state index is -0.248. The molecule has 0 saturated heterocycles. The van der Waals surface area contributed by atoms with E-state index in [1.807, 2.05) is 48.2 Å². The van der Waals surface area contributed by atoms with Gasteiger partial charge in [-0.2, -0.15) is 0 Å². The Labute approximate surface area is 184 Å². The number of nitrogens with one attached hydrogen (secondary N) is 1. The zero-order valence-corrected chi connectivity index (χ0v) is 19.2. The van der Waals surface area contributed by atoms with Crippen LogP contribution in [0.5, 0.6) is 11.5 Å². The Morgan fingerprint density at radius 3 is 2.17 bits per heavy atom. The number of allylic oxidation sites excluding steroid dienone is 1. The number of carbonyl (C=O) groups is 1. The average Bonchev–Trinajstić information content (AvgIpc) is 2.71. The van der Waals surface area contributed by atoms with Crippen LogP contribution >= 0.6 is 12.2 Å². The number of ether oxygens (including phenoxy) is 1. The van der Waals surface area contributed by atoms with Gasteiger partial charge in [0.1, 0.15) is 11.5 Å². The third-order valence-electron chi connectivity index (χ3n) is 5.42. The van der Waals surface area contributed by atoms with E-state index in [1.165, 1.54) is 5.56 Å². The zero-order valence-electron chi connectivity index (χ0n) is 18.4. The van der Waals surface area contributed by atoms with Crippen LogP contribution < -0.4 is 10.1 Å². The van der Waals surface area contributed by atoms with E-state index in [-0.39, 0.29) is 11.8 Å². The molecule has 0 aromatic heterocycles. The number of carbonyl (C=O) groups excluding carboxylic acids is 1. The van der Waals surface area contributed by atoms with Crippen LogP contribution in [0.15, 0.2) is 59.8 Å². The van der Waals surface area contributed by atoms with Gasteiger partial charge in [-0.3, -0.25) is 4.79 Å². The summed E-state index contributed by atoms with van der Waals surface area (Å²) in [6.45, 7) is 10.8. The van der Waals surface area contributed by atoms with Gasteiger partial charge in [-0.25, -0.2) is 0 Å². The first kappa shape index (κ1) is 22.0. The molecule has 30 heavy (non-hydrogen) atoms. The fourth-order valence-corrected chi connectivity index (χ4v) is 4.11. The Kier molecular flexibility index (Phi) is 6.93. The fourth-order valence-electron chi connectivity index (χ4n) is 3.77. The Balaban J connectivity index is 1.82. The van der Waals surface area contributed by atoms with Crippen LogP contribution in [0.2, 0.25) is 0 Å². The number of thiocarbonyl (C=S) groups is 1. The van der Waals surface area contributed by atoms with E-state index in [0.29, 0.717) is 11.0 Å². The van der Waals surface area contributed by atoms with Crippen LogP contribution in [0.4, 0.5) is 0 Å². The smallest absolute Gasteiger partial charge is 0.173 e.